The van der Waals surface area contributed by atoms with Crippen LogP contribution in [-0.4, -0.2) is 26.6 Å². The molecule has 0 amide bonds. The molecule has 0 fully saturated rings. The fraction of sp³-hybridized carbons (Fsp3) is 0. The minimum atomic E-state index is -0.163. The molecule has 3 rings (SSSR count). The summed E-state index contributed by atoms with van der Waals surface area (Å²) < 4.78 is 0. The first-order valence-corrected chi connectivity index (χ1v) is 7.12. The van der Waals surface area contributed by atoms with Crippen molar-refractivity contribution in [3.8, 4) is 22.4 Å². The van der Waals surface area contributed by atoms with E-state index in [1.807, 2.05) is 24.3 Å². The smallest absolute Gasteiger partial charge is 0.194 e. The van der Waals surface area contributed by atoms with E-state index in [0.717, 1.165) is 22.4 Å². The zero-order valence-electron chi connectivity index (χ0n) is 12.7. The number of rotatable bonds is 4. The van der Waals surface area contributed by atoms with Crippen LogP contribution in [0.15, 0.2) is 55.0 Å². The first-order chi connectivity index (χ1) is 11.5. The summed E-state index contributed by atoms with van der Waals surface area (Å²) in [7, 11) is 0. The number of benzene rings is 1. The number of hydrogen-bond acceptors (Lipinski definition) is 5. The van der Waals surface area contributed by atoms with Crippen LogP contribution >= 0.6 is 0 Å². The van der Waals surface area contributed by atoms with Crippen LogP contribution in [-0.2, 0) is 0 Å². The van der Waals surface area contributed by atoms with E-state index in [1.54, 1.807) is 30.7 Å². The Kier molecular flexibility index (Phi) is 3.98. The number of nitrogens with one attached hydrogen (secondary N) is 2. The summed E-state index contributed by atoms with van der Waals surface area (Å²) in [4.78, 5) is 12.5. The zero-order chi connectivity index (χ0) is 17.1. The monoisotopic (exact) mass is 317 g/mol. The third kappa shape index (κ3) is 3.09. The molecule has 1 aromatic carbocycles. The van der Waals surface area contributed by atoms with Gasteiger partial charge in [-0.25, -0.2) is 9.97 Å². The lowest BCUT2D eigenvalue weighted by molar-refractivity contribution is 1.11. The molecule has 24 heavy (non-hydrogen) atoms. The van der Waals surface area contributed by atoms with E-state index in [0.29, 0.717) is 5.56 Å². The van der Waals surface area contributed by atoms with Gasteiger partial charge in [-0.2, -0.15) is 0 Å². The Morgan fingerprint density at radius 1 is 0.667 bits per heavy atom. The van der Waals surface area contributed by atoms with Crippen molar-refractivity contribution < 1.29 is 0 Å². The van der Waals surface area contributed by atoms with E-state index >= 15 is 0 Å². The predicted molar refractivity (Wildman–Crippen MR) is 92.7 cm³/mol. The first kappa shape index (κ1) is 15.3. The Morgan fingerprint density at radius 2 is 1.25 bits per heavy atom. The number of nitrogens with two attached hydrogens (primary N) is 2. The molecule has 2 aromatic heterocycles. The van der Waals surface area contributed by atoms with Gasteiger partial charge in [0.25, 0.3) is 0 Å². The summed E-state index contributed by atoms with van der Waals surface area (Å²) in [5, 5.41) is 14.7. The predicted octanol–water partition coefficient (Wildman–Crippen LogP) is 1.77. The molecule has 7 heteroatoms. The highest BCUT2D eigenvalue weighted by Gasteiger charge is 2.05. The number of aromatic nitrogens is 3. The second-order valence-corrected chi connectivity index (χ2v) is 5.13. The maximum Gasteiger partial charge on any atom is 0.194 e. The van der Waals surface area contributed by atoms with E-state index in [2.05, 4.69) is 15.0 Å². The maximum atomic E-state index is 7.40. The maximum absolute atomic E-state index is 7.40. The van der Waals surface area contributed by atoms with E-state index in [4.69, 9.17) is 22.3 Å². The molecule has 0 spiro atoms. The molecule has 0 aliphatic rings. The molecular formula is C17H15N7. The standard InChI is InChI=1S/C17H15N7/c18-15(19)11-3-1-10(2-4-11)14-6-5-12(7-22-14)13-8-23-17(16(20)21)24-9-13/h1-9H,(H3,18,19)(H3,20,21). The van der Waals surface area contributed by atoms with E-state index in [9.17, 15) is 0 Å². The quantitative estimate of drug-likeness (QED) is 0.429. The van der Waals surface area contributed by atoms with Crippen molar-refractivity contribution in [1.82, 2.24) is 15.0 Å². The molecule has 0 aliphatic carbocycles. The molecular weight excluding hydrogens is 302 g/mol. The van der Waals surface area contributed by atoms with Crippen molar-refractivity contribution in [1.29, 1.82) is 10.8 Å². The third-order valence-corrected chi connectivity index (χ3v) is 3.48. The van der Waals surface area contributed by atoms with Crippen LogP contribution in [0, 0.1) is 10.8 Å². The van der Waals surface area contributed by atoms with Gasteiger partial charge in [0.15, 0.2) is 11.7 Å². The zero-order valence-corrected chi connectivity index (χ0v) is 12.7. The van der Waals surface area contributed by atoms with Gasteiger partial charge in [-0.05, 0) is 6.07 Å². The van der Waals surface area contributed by atoms with Gasteiger partial charge in [0, 0.05) is 40.8 Å². The lowest BCUT2D eigenvalue weighted by atomic mass is 10.1. The molecule has 0 radical (unpaired) electrons. The third-order valence-electron chi connectivity index (χ3n) is 3.48. The molecule has 7 nitrogen and oxygen atoms in total. The summed E-state index contributed by atoms with van der Waals surface area (Å²) >= 11 is 0. The first-order valence-electron chi connectivity index (χ1n) is 7.12. The summed E-state index contributed by atoms with van der Waals surface area (Å²) in [6, 6.07) is 11.2. The van der Waals surface area contributed by atoms with Gasteiger partial charge in [0.05, 0.1) is 5.69 Å². The molecule has 0 bridgehead atoms. The number of amidine groups is 2. The van der Waals surface area contributed by atoms with Crippen LogP contribution in [0.25, 0.3) is 22.4 Å². The highest BCUT2D eigenvalue weighted by atomic mass is 14.9. The van der Waals surface area contributed by atoms with Crippen LogP contribution in [0.2, 0.25) is 0 Å². The molecule has 0 unspecified atom stereocenters. The SMILES string of the molecule is N=C(N)c1ccc(-c2ccc(-c3cnc(C(=N)N)nc3)cn2)cc1. The Hall–Kier alpha value is -3.61. The van der Waals surface area contributed by atoms with Crippen LogP contribution < -0.4 is 11.5 Å². The van der Waals surface area contributed by atoms with Gasteiger partial charge >= 0.3 is 0 Å². The Balaban J connectivity index is 1.84. The van der Waals surface area contributed by atoms with E-state index in [-0.39, 0.29) is 17.5 Å². The fourth-order valence-corrected chi connectivity index (χ4v) is 2.17. The molecule has 0 aliphatic heterocycles. The van der Waals surface area contributed by atoms with E-state index < -0.39 is 0 Å². The van der Waals surface area contributed by atoms with Crippen molar-refractivity contribution >= 4 is 11.7 Å². The minimum Gasteiger partial charge on any atom is -0.384 e. The minimum absolute atomic E-state index is 0.0406. The summed E-state index contributed by atoms with van der Waals surface area (Å²) in [6.45, 7) is 0. The Labute approximate surface area is 138 Å². The fourth-order valence-electron chi connectivity index (χ4n) is 2.17. The van der Waals surface area contributed by atoms with Crippen molar-refractivity contribution in [2.75, 3.05) is 0 Å². The van der Waals surface area contributed by atoms with Crippen LogP contribution in [0.5, 0.6) is 0 Å². The lowest BCUT2D eigenvalue weighted by Crippen LogP contribution is -2.14. The molecule has 6 N–H and O–H groups in total. The number of hydrogen-bond donors (Lipinski definition) is 4. The Bertz CT molecular complexity index is 805. The second kappa shape index (κ2) is 6.25. The summed E-state index contributed by atoms with van der Waals surface area (Å²) in [5.41, 5.74) is 14.9. The highest BCUT2D eigenvalue weighted by molar-refractivity contribution is 5.95. The van der Waals surface area contributed by atoms with Gasteiger partial charge < -0.3 is 11.5 Å². The normalized spacial score (nSPS) is 10.3. The van der Waals surface area contributed by atoms with Crippen LogP contribution in [0.4, 0.5) is 0 Å². The summed E-state index contributed by atoms with van der Waals surface area (Å²) in [5.74, 6) is 0.0804. The van der Waals surface area contributed by atoms with Gasteiger partial charge in [0.1, 0.15) is 5.84 Å². The van der Waals surface area contributed by atoms with Crippen LogP contribution in [0.1, 0.15) is 11.4 Å². The molecule has 2 heterocycles. The molecule has 0 saturated carbocycles. The Morgan fingerprint density at radius 3 is 1.75 bits per heavy atom. The molecule has 3 aromatic rings. The number of nitrogens with zero attached hydrogens (tertiary/aromatic N) is 3. The number of pyridine rings is 1. The highest BCUT2D eigenvalue weighted by Crippen LogP contribution is 2.22. The van der Waals surface area contributed by atoms with Gasteiger partial charge in [-0.15, -0.1) is 0 Å². The number of nitrogen functional groups attached to an aromatic ring is 2. The molecule has 0 saturated heterocycles. The van der Waals surface area contributed by atoms with Gasteiger partial charge in [0.2, 0.25) is 0 Å². The molecule has 0 atom stereocenters. The lowest BCUT2D eigenvalue weighted by Gasteiger charge is -2.05. The van der Waals surface area contributed by atoms with E-state index in [1.165, 1.54) is 0 Å². The topological polar surface area (TPSA) is 138 Å². The second-order valence-electron chi connectivity index (χ2n) is 5.13. The largest absolute Gasteiger partial charge is 0.384 e. The van der Waals surface area contributed by atoms with Crippen molar-refractivity contribution in [3.63, 3.8) is 0 Å². The van der Waals surface area contributed by atoms with Crippen molar-refractivity contribution in [2.45, 2.75) is 0 Å². The average Bonchev–Trinajstić information content (AvgIpc) is 2.62. The summed E-state index contributed by atoms with van der Waals surface area (Å²) in [6.07, 6.45) is 4.96. The molecule has 118 valence electrons. The van der Waals surface area contributed by atoms with Crippen molar-refractivity contribution in [2.24, 2.45) is 11.5 Å². The average molecular weight is 317 g/mol. The van der Waals surface area contributed by atoms with Crippen molar-refractivity contribution in [3.05, 3.63) is 66.4 Å². The van der Waals surface area contributed by atoms with Gasteiger partial charge in [-0.1, -0.05) is 30.3 Å². The van der Waals surface area contributed by atoms with Crippen LogP contribution in [0.3, 0.4) is 0 Å². The van der Waals surface area contributed by atoms with Gasteiger partial charge in [-0.3, -0.25) is 15.8 Å².